The molecule has 78 valence electrons. The van der Waals surface area contributed by atoms with Crippen LogP contribution in [0.4, 0.5) is 0 Å². The van der Waals surface area contributed by atoms with E-state index in [4.69, 9.17) is 9.84 Å². The van der Waals surface area contributed by atoms with Gasteiger partial charge < -0.3 is 9.84 Å². The van der Waals surface area contributed by atoms with Gasteiger partial charge in [-0.15, -0.1) is 0 Å². The summed E-state index contributed by atoms with van der Waals surface area (Å²) in [6.45, 7) is 4.75. The van der Waals surface area contributed by atoms with Crippen molar-refractivity contribution >= 4 is 18.0 Å². The number of carbonyl (C=O) groups is 2. The Kier molecular flexibility index (Phi) is 3.23. The third-order valence-corrected chi connectivity index (χ3v) is 1.73. The summed E-state index contributed by atoms with van der Waals surface area (Å²) >= 11 is 0. The number of carboxylic acids is 1. The predicted molar refractivity (Wildman–Crippen MR) is 54.8 cm³/mol. The molecule has 0 unspecified atom stereocenters. The summed E-state index contributed by atoms with van der Waals surface area (Å²) in [6, 6.07) is 4.42. The molecule has 0 saturated heterocycles. The molecule has 4 heteroatoms. The molecule has 1 N–H and O–H groups in total. The number of hydrogen-bond acceptors (Lipinski definition) is 3. The van der Waals surface area contributed by atoms with E-state index in [0.29, 0.717) is 5.56 Å². The van der Waals surface area contributed by atoms with Gasteiger partial charge in [-0.05, 0) is 17.7 Å². The van der Waals surface area contributed by atoms with Gasteiger partial charge in [0.2, 0.25) is 0 Å². The molecule has 1 aromatic carbocycles. The Bertz CT molecular complexity index is 421. The average Bonchev–Trinajstić information content (AvgIpc) is 2.16. The van der Waals surface area contributed by atoms with Gasteiger partial charge in [0.25, 0.3) is 0 Å². The number of rotatable bonds is 3. The molecule has 0 spiro atoms. The maximum atomic E-state index is 10.8. The Labute approximate surface area is 86.8 Å². The Morgan fingerprint density at radius 2 is 2.13 bits per heavy atom. The lowest BCUT2D eigenvalue weighted by atomic mass is 10.1. The van der Waals surface area contributed by atoms with Crippen molar-refractivity contribution in [3.8, 4) is 5.75 Å². The number of aromatic carboxylic acids is 1. The monoisotopic (exact) mass is 206 g/mol. The number of esters is 1. The van der Waals surface area contributed by atoms with Gasteiger partial charge in [-0.1, -0.05) is 18.7 Å². The maximum absolute atomic E-state index is 10.8. The Balaban J connectivity index is 3.21. The summed E-state index contributed by atoms with van der Waals surface area (Å²) in [5.41, 5.74) is 0.645. The molecule has 0 atom stereocenters. The third-order valence-electron chi connectivity index (χ3n) is 1.73. The highest BCUT2D eigenvalue weighted by Gasteiger charge is 2.12. The van der Waals surface area contributed by atoms with E-state index in [1.165, 1.54) is 19.1 Å². The molecule has 0 aliphatic heterocycles. The van der Waals surface area contributed by atoms with Crippen molar-refractivity contribution in [2.24, 2.45) is 0 Å². The second kappa shape index (κ2) is 4.41. The van der Waals surface area contributed by atoms with Gasteiger partial charge in [-0.25, -0.2) is 4.79 Å². The van der Waals surface area contributed by atoms with Crippen LogP contribution in [0.15, 0.2) is 24.8 Å². The fourth-order valence-electron chi connectivity index (χ4n) is 1.08. The van der Waals surface area contributed by atoms with E-state index in [9.17, 15) is 9.59 Å². The second-order valence-corrected chi connectivity index (χ2v) is 2.86. The smallest absolute Gasteiger partial charge is 0.339 e. The average molecular weight is 206 g/mol. The van der Waals surface area contributed by atoms with Gasteiger partial charge in [0.15, 0.2) is 0 Å². The summed E-state index contributed by atoms with van der Waals surface area (Å²) < 4.78 is 4.78. The topological polar surface area (TPSA) is 63.6 Å². The van der Waals surface area contributed by atoms with E-state index in [-0.39, 0.29) is 11.3 Å². The molecule has 15 heavy (non-hydrogen) atoms. The first-order valence-corrected chi connectivity index (χ1v) is 4.23. The largest absolute Gasteiger partial charge is 0.478 e. The number of ether oxygens (including phenoxy) is 1. The van der Waals surface area contributed by atoms with Crippen molar-refractivity contribution in [1.82, 2.24) is 0 Å². The van der Waals surface area contributed by atoms with Crippen molar-refractivity contribution < 1.29 is 19.4 Å². The van der Waals surface area contributed by atoms with Crippen LogP contribution >= 0.6 is 0 Å². The lowest BCUT2D eigenvalue weighted by Crippen LogP contribution is -2.07. The van der Waals surface area contributed by atoms with Gasteiger partial charge in [0.1, 0.15) is 11.3 Å². The van der Waals surface area contributed by atoms with Crippen molar-refractivity contribution in [2.75, 3.05) is 0 Å². The highest BCUT2D eigenvalue weighted by Crippen LogP contribution is 2.21. The molecule has 0 aliphatic rings. The molecule has 0 aliphatic carbocycles. The molecule has 0 heterocycles. The fraction of sp³-hybridized carbons (Fsp3) is 0.0909. The molecule has 0 amide bonds. The zero-order valence-corrected chi connectivity index (χ0v) is 8.19. The number of carboxylic acid groups (broad SMARTS) is 1. The van der Waals surface area contributed by atoms with Gasteiger partial charge in [-0.2, -0.15) is 0 Å². The summed E-state index contributed by atoms with van der Waals surface area (Å²) in [5.74, 6) is -1.66. The van der Waals surface area contributed by atoms with Crippen LogP contribution in [0.1, 0.15) is 22.8 Å². The highest BCUT2D eigenvalue weighted by atomic mass is 16.5. The minimum absolute atomic E-state index is 0.0346. The summed E-state index contributed by atoms with van der Waals surface area (Å²) in [7, 11) is 0. The predicted octanol–water partition coefficient (Wildman–Crippen LogP) is 1.95. The minimum atomic E-state index is -1.14. The first-order chi connectivity index (χ1) is 7.04. The number of hydrogen-bond donors (Lipinski definition) is 1. The fourth-order valence-corrected chi connectivity index (χ4v) is 1.08. The van der Waals surface area contributed by atoms with Crippen molar-refractivity contribution in [2.45, 2.75) is 6.92 Å². The van der Waals surface area contributed by atoms with Crippen molar-refractivity contribution in [1.29, 1.82) is 0 Å². The van der Waals surface area contributed by atoms with Crippen LogP contribution in [-0.4, -0.2) is 17.0 Å². The Morgan fingerprint density at radius 1 is 1.47 bits per heavy atom. The van der Waals surface area contributed by atoms with Crippen LogP contribution in [0.3, 0.4) is 0 Å². The Hall–Kier alpha value is -2.10. The molecule has 0 radical (unpaired) electrons. The van der Waals surface area contributed by atoms with Crippen molar-refractivity contribution in [3.05, 3.63) is 35.9 Å². The van der Waals surface area contributed by atoms with E-state index in [2.05, 4.69) is 6.58 Å². The molecule has 1 aromatic rings. The van der Waals surface area contributed by atoms with Crippen LogP contribution in [0, 0.1) is 0 Å². The van der Waals surface area contributed by atoms with E-state index in [1.54, 1.807) is 12.1 Å². The number of carbonyl (C=O) groups excluding carboxylic acids is 1. The molecule has 4 nitrogen and oxygen atoms in total. The van der Waals surface area contributed by atoms with Crippen LogP contribution in [0.25, 0.3) is 6.08 Å². The maximum Gasteiger partial charge on any atom is 0.339 e. The van der Waals surface area contributed by atoms with Gasteiger partial charge >= 0.3 is 11.9 Å². The first kappa shape index (κ1) is 11.0. The van der Waals surface area contributed by atoms with E-state index in [1.807, 2.05) is 0 Å². The van der Waals surface area contributed by atoms with E-state index in [0.717, 1.165) is 0 Å². The lowest BCUT2D eigenvalue weighted by Gasteiger charge is -2.06. The van der Waals surface area contributed by atoms with Gasteiger partial charge in [0, 0.05) is 6.92 Å². The molecule has 0 saturated carbocycles. The highest BCUT2D eigenvalue weighted by molar-refractivity contribution is 5.92. The normalized spacial score (nSPS) is 9.40. The third kappa shape index (κ3) is 2.67. The summed E-state index contributed by atoms with van der Waals surface area (Å²) in [6.07, 6.45) is 1.54. The summed E-state index contributed by atoms with van der Waals surface area (Å²) in [5, 5.41) is 8.83. The molecule has 0 fully saturated rings. The molecule has 0 bridgehead atoms. The van der Waals surface area contributed by atoms with Crippen LogP contribution in [0.5, 0.6) is 5.75 Å². The number of benzene rings is 1. The zero-order chi connectivity index (χ0) is 11.4. The van der Waals surface area contributed by atoms with Crippen LogP contribution in [-0.2, 0) is 4.79 Å². The lowest BCUT2D eigenvalue weighted by molar-refractivity contribution is -0.131. The van der Waals surface area contributed by atoms with E-state index >= 15 is 0 Å². The van der Waals surface area contributed by atoms with Crippen molar-refractivity contribution in [3.63, 3.8) is 0 Å². The van der Waals surface area contributed by atoms with Crippen LogP contribution < -0.4 is 4.74 Å². The van der Waals surface area contributed by atoms with Gasteiger partial charge in [0.05, 0.1) is 0 Å². The SMILES string of the molecule is C=Cc1ccc(C(=O)O)c(OC(C)=O)c1. The molecule has 0 aromatic heterocycles. The van der Waals surface area contributed by atoms with Gasteiger partial charge in [-0.3, -0.25) is 4.79 Å². The Morgan fingerprint density at radius 3 is 2.60 bits per heavy atom. The van der Waals surface area contributed by atoms with Crippen LogP contribution in [0.2, 0.25) is 0 Å². The standard InChI is InChI=1S/C11H10O4/c1-3-8-4-5-9(11(13)14)10(6-8)15-7(2)12/h3-6H,1H2,2H3,(H,13,14). The van der Waals surface area contributed by atoms with E-state index < -0.39 is 11.9 Å². The molecular formula is C11H10O4. The zero-order valence-electron chi connectivity index (χ0n) is 8.19. The first-order valence-electron chi connectivity index (χ1n) is 4.23. The minimum Gasteiger partial charge on any atom is -0.478 e. The quantitative estimate of drug-likeness (QED) is 0.606. The molecule has 1 rings (SSSR count). The summed E-state index contributed by atoms with van der Waals surface area (Å²) in [4.78, 5) is 21.5. The second-order valence-electron chi connectivity index (χ2n) is 2.86. The molecular weight excluding hydrogens is 196 g/mol.